The number of ether oxygens (including phenoxy) is 1. The number of benzene rings is 2. The molecule has 0 unspecified atom stereocenters. The second-order valence-corrected chi connectivity index (χ2v) is 11.7. The summed E-state index contributed by atoms with van der Waals surface area (Å²) >= 11 is 6.63. The second-order valence-electron chi connectivity index (χ2n) is 11.3. The Morgan fingerprint density at radius 3 is 2.55 bits per heavy atom. The lowest BCUT2D eigenvalue weighted by Gasteiger charge is -2.43. The molecule has 1 amide bonds. The number of hydrogen-bond donors (Lipinski definition) is 1. The molecule has 4 aromatic rings. The number of nitrogens with zero attached hydrogens (tertiary/aromatic N) is 7. The lowest BCUT2D eigenvalue weighted by atomic mass is 10.1. The van der Waals surface area contributed by atoms with E-state index < -0.39 is 6.09 Å². The predicted molar refractivity (Wildman–Crippen MR) is 162 cm³/mol. The minimum absolute atomic E-state index is 0.101. The van der Waals surface area contributed by atoms with Crippen molar-refractivity contribution in [3.63, 3.8) is 0 Å². The van der Waals surface area contributed by atoms with Crippen molar-refractivity contribution >= 4 is 45.3 Å². The van der Waals surface area contributed by atoms with Crippen LogP contribution in [0.4, 0.5) is 10.6 Å². The first-order chi connectivity index (χ1) is 20.1. The molecular formula is C30H34ClN7O4. The molecule has 2 aromatic heterocycles. The Bertz CT molecular complexity index is 1740. The number of piperazine rings is 1. The van der Waals surface area contributed by atoms with E-state index in [9.17, 15) is 14.7 Å². The van der Waals surface area contributed by atoms with Crippen molar-refractivity contribution in [3.05, 3.63) is 57.6 Å². The molecule has 0 aliphatic carbocycles. The lowest BCUT2D eigenvalue weighted by molar-refractivity contribution is 0.114. The van der Waals surface area contributed by atoms with Crippen molar-refractivity contribution in [2.75, 3.05) is 38.2 Å². The number of halogens is 1. The summed E-state index contributed by atoms with van der Waals surface area (Å²) in [6.45, 7) is 7.64. The number of likely N-dealkylation sites (tertiary alicyclic amines) is 1. The van der Waals surface area contributed by atoms with E-state index in [-0.39, 0.29) is 41.8 Å². The molecule has 0 saturated carbocycles. The van der Waals surface area contributed by atoms with Gasteiger partial charge < -0.3 is 24.5 Å². The van der Waals surface area contributed by atoms with Crippen LogP contribution in [0.5, 0.6) is 6.01 Å². The highest BCUT2D eigenvalue weighted by molar-refractivity contribution is 6.36. The summed E-state index contributed by atoms with van der Waals surface area (Å²) in [6, 6.07) is 11.1. The highest BCUT2D eigenvalue weighted by atomic mass is 35.5. The first-order valence-corrected chi connectivity index (χ1v) is 14.6. The van der Waals surface area contributed by atoms with Crippen molar-refractivity contribution in [3.8, 4) is 11.7 Å². The summed E-state index contributed by atoms with van der Waals surface area (Å²) in [6.07, 6.45) is 1.15. The molecule has 2 aromatic carbocycles. The van der Waals surface area contributed by atoms with E-state index in [0.717, 1.165) is 30.2 Å². The number of fused-ring (bicyclic) bond motifs is 2. The average molecular weight is 592 g/mol. The van der Waals surface area contributed by atoms with Gasteiger partial charge in [0.15, 0.2) is 11.3 Å². The van der Waals surface area contributed by atoms with Crippen LogP contribution in [0.15, 0.2) is 41.2 Å². The highest BCUT2D eigenvalue weighted by Gasteiger charge is 2.35. The van der Waals surface area contributed by atoms with Crippen molar-refractivity contribution in [2.45, 2.75) is 51.7 Å². The zero-order valence-electron chi connectivity index (χ0n) is 24.1. The predicted octanol–water partition coefficient (Wildman–Crippen LogP) is 4.34. The molecule has 220 valence electrons. The maximum Gasteiger partial charge on any atom is 0.407 e. The largest absolute Gasteiger partial charge is 0.465 e. The Hall–Kier alpha value is -3.96. The third kappa shape index (κ3) is 4.90. The number of amides is 1. The van der Waals surface area contributed by atoms with Crippen LogP contribution in [-0.2, 0) is 0 Å². The smallest absolute Gasteiger partial charge is 0.407 e. The quantitative estimate of drug-likeness (QED) is 0.362. The third-order valence-corrected chi connectivity index (χ3v) is 8.82. The fraction of sp³-hybridized carbons (Fsp3) is 0.433. The molecule has 0 spiro atoms. The second kappa shape index (κ2) is 11.0. The van der Waals surface area contributed by atoms with Crippen LogP contribution in [0.2, 0.25) is 5.02 Å². The van der Waals surface area contributed by atoms with Crippen LogP contribution < -0.4 is 15.2 Å². The maximum atomic E-state index is 14.3. The molecule has 42 heavy (non-hydrogen) atoms. The molecule has 2 saturated heterocycles. The molecule has 2 aliphatic heterocycles. The van der Waals surface area contributed by atoms with Crippen LogP contribution >= 0.6 is 11.6 Å². The number of carboxylic acid groups (broad SMARTS) is 1. The Kier molecular flexibility index (Phi) is 7.40. The van der Waals surface area contributed by atoms with Gasteiger partial charge in [-0.25, -0.2) is 9.78 Å². The number of aromatic nitrogens is 4. The van der Waals surface area contributed by atoms with Gasteiger partial charge in [0.1, 0.15) is 17.9 Å². The standard InChI is InChI=1S/C30H34ClN7O4/c1-17-15-37(30(40)41)18(2)14-36(17)27-25-26(33-29(34-27)42-16-21-10-7-13-35(21)4)28(39)38(19(3)32-25)23-12-6-9-20-8-5-11-22(31)24(20)23/h5-6,8-9,11-12,17-18,21H,7,10,13-16H2,1-4H3,(H,40,41)/t17-,18-,21-/m0/s1. The minimum Gasteiger partial charge on any atom is -0.465 e. The van der Waals surface area contributed by atoms with E-state index in [4.69, 9.17) is 26.3 Å². The fourth-order valence-corrected chi connectivity index (χ4v) is 6.48. The van der Waals surface area contributed by atoms with Gasteiger partial charge in [-0.1, -0.05) is 35.9 Å². The summed E-state index contributed by atoms with van der Waals surface area (Å²) in [5.74, 6) is 0.915. The summed E-state index contributed by atoms with van der Waals surface area (Å²) < 4.78 is 7.69. The van der Waals surface area contributed by atoms with Crippen LogP contribution in [-0.4, -0.2) is 91.9 Å². The number of rotatable bonds is 5. The zero-order valence-corrected chi connectivity index (χ0v) is 24.9. The maximum absolute atomic E-state index is 14.3. The van der Waals surface area contributed by atoms with Gasteiger partial charge in [-0.2, -0.15) is 9.97 Å². The molecule has 6 rings (SSSR count). The molecule has 4 heterocycles. The molecule has 0 radical (unpaired) electrons. The van der Waals surface area contributed by atoms with Crippen LogP contribution in [0.25, 0.3) is 27.5 Å². The number of aryl methyl sites for hydroxylation is 1. The molecule has 3 atom stereocenters. The molecule has 1 N–H and O–H groups in total. The molecule has 2 aliphatic rings. The SMILES string of the molecule is Cc1nc2c(N3C[C@H](C)N(C(=O)O)C[C@@H]3C)nc(OC[C@@H]3CCCN3C)nc2c(=O)n1-c1cccc2cccc(Cl)c12. The third-order valence-electron chi connectivity index (χ3n) is 8.50. The fourth-order valence-electron chi connectivity index (χ4n) is 6.20. The Morgan fingerprint density at radius 2 is 1.83 bits per heavy atom. The van der Waals surface area contributed by atoms with Crippen molar-refractivity contribution < 1.29 is 14.6 Å². The van der Waals surface area contributed by atoms with Crippen molar-refractivity contribution in [1.29, 1.82) is 0 Å². The average Bonchev–Trinajstić information content (AvgIpc) is 3.37. The number of likely N-dealkylation sites (N-methyl/N-ethyl adjacent to an activating group) is 1. The van der Waals surface area contributed by atoms with Gasteiger partial charge in [-0.15, -0.1) is 0 Å². The van der Waals surface area contributed by atoms with Gasteiger partial charge in [-0.3, -0.25) is 9.36 Å². The van der Waals surface area contributed by atoms with Crippen molar-refractivity contribution in [1.82, 2.24) is 29.3 Å². The van der Waals surface area contributed by atoms with Crippen LogP contribution in [0.1, 0.15) is 32.5 Å². The van der Waals surface area contributed by atoms with E-state index in [1.165, 1.54) is 9.47 Å². The van der Waals surface area contributed by atoms with Crippen molar-refractivity contribution in [2.24, 2.45) is 0 Å². The zero-order chi connectivity index (χ0) is 29.7. The molecular weight excluding hydrogens is 558 g/mol. The number of hydrogen-bond acceptors (Lipinski definition) is 8. The van der Waals surface area contributed by atoms with Gasteiger partial charge >= 0.3 is 12.1 Å². The summed E-state index contributed by atoms with van der Waals surface area (Å²) in [4.78, 5) is 46.1. The minimum atomic E-state index is -0.961. The first-order valence-electron chi connectivity index (χ1n) is 14.2. The van der Waals surface area contributed by atoms with Crippen LogP contribution in [0, 0.1) is 6.92 Å². The number of carbonyl (C=O) groups is 1. The topological polar surface area (TPSA) is 117 Å². The number of anilines is 1. The molecule has 2 fully saturated rings. The molecule has 0 bridgehead atoms. The van der Waals surface area contributed by atoms with E-state index in [2.05, 4.69) is 16.9 Å². The Labute approximate surface area is 248 Å². The van der Waals surface area contributed by atoms with E-state index in [1.807, 2.05) is 49.1 Å². The Balaban J connectivity index is 1.53. The first kappa shape index (κ1) is 28.2. The van der Waals surface area contributed by atoms with Gasteiger partial charge in [-0.05, 0) is 64.7 Å². The van der Waals surface area contributed by atoms with Gasteiger partial charge in [0.25, 0.3) is 5.56 Å². The summed E-state index contributed by atoms with van der Waals surface area (Å²) in [5.41, 5.74) is 0.738. The normalized spacial score (nSPS) is 21.4. The molecule has 11 nitrogen and oxygen atoms in total. The summed E-state index contributed by atoms with van der Waals surface area (Å²) in [5, 5.41) is 11.9. The van der Waals surface area contributed by atoms with E-state index in [0.29, 0.717) is 41.0 Å². The Morgan fingerprint density at radius 1 is 1.07 bits per heavy atom. The lowest BCUT2D eigenvalue weighted by Crippen LogP contribution is -2.58. The van der Waals surface area contributed by atoms with E-state index in [1.54, 1.807) is 13.0 Å². The van der Waals surface area contributed by atoms with Gasteiger partial charge in [0, 0.05) is 36.6 Å². The molecule has 12 heteroatoms. The highest BCUT2D eigenvalue weighted by Crippen LogP contribution is 2.32. The van der Waals surface area contributed by atoms with Gasteiger partial charge in [0.2, 0.25) is 0 Å². The van der Waals surface area contributed by atoms with E-state index >= 15 is 0 Å². The van der Waals surface area contributed by atoms with Crippen LogP contribution in [0.3, 0.4) is 0 Å². The van der Waals surface area contributed by atoms with Gasteiger partial charge in [0.05, 0.1) is 10.7 Å². The summed E-state index contributed by atoms with van der Waals surface area (Å²) in [7, 11) is 2.07. The monoisotopic (exact) mass is 591 g/mol.